The third kappa shape index (κ3) is 4.94. The molecule has 2 N–H and O–H groups in total. The highest BCUT2D eigenvalue weighted by atomic mass is 16.5. The van der Waals surface area contributed by atoms with Crippen molar-refractivity contribution in [3.8, 4) is 11.5 Å². The van der Waals surface area contributed by atoms with Crippen LogP contribution in [-0.4, -0.2) is 53.7 Å². The van der Waals surface area contributed by atoms with Crippen LogP contribution in [0.4, 0.5) is 0 Å². The van der Waals surface area contributed by atoms with Gasteiger partial charge in [0.25, 0.3) is 11.7 Å². The van der Waals surface area contributed by atoms with Crippen molar-refractivity contribution in [3.05, 3.63) is 64.7 Å². The highest BCUT2D eigenvalue weighted by Crippen LogP contribution is 2.42. The van der Waals surface area contributed by atoms with E-state index >= 15 is 0 Å². The number of aliphatic hydroxyl groups excluding tert-OH is 2. The first-order chi connectivity index (χ1) is 16.1. The molecule has 1 amide bonds. The summed E-state index contributed by atoms with van der Waals surface area (Å²) < 4.78 is 11.0. The van der Waals surface area contributed by atoms with Gasteiger partial charge in [-0.1, -0.05) is 45.9 Å². The van der Waals surface area contributed by atoms with Crippen LogP contribution in [0.25, 0.3) is 5.76 Å². The van der Waals surface area contributed by atoms with Crippen LogP contribution < -0.4 is 9.47 Å². The second-order valence-electron chi connectivity index (χ2n) is 9.30. The number of benzene rings is 2. The fourth-order valence-corrected chi connectivity index (χ4v) is 4.14. The van der Waals surface area contributed by atoms with E-state index in [9.17, 15) is 14.7 Å². The van der Waals surface area contributed by atoms with Gasteiger partial charge in [0.15, 0.2) is 0 Å². The Morgan fingerprint density at radius 3 is 2.47 bits per heavy atom. The predicted molar refractivity (Wildman–Crippen MR) is 130 cm³/mol. The van der Waals surface area contributed by atoms with Crippen molar-refractivity contribution in [1.82, 2.24) is 4.90 Å². The van der Waals surface area contributed by atoms with Gasteiger partial charge in [0, 0.05) is 6.54 Å². The van der Waals surface area contributed by atoms with Crippen LogP contribution in [0.2, 0.25) is 0 Å². The zero-order valence-corrected chi connectivity index (χ0v) is 20.4. The first kappa shape index (κ1) is 25.3. The maximum Gasteiger partial charge on any atom is 0.295 e. The molecule has 182 valence electrons. The van der Waals surface area contributed by atoms with Gasteiger partial charge in [-0.3, -0.25) is 9.59 Å². The Morgan fingerprint density at radius 2 is 1.85 bits per heavy atom. The van der Waals surface area contributed by atoms with Crippen molar-refractivity contribution < 1.29 is 29.3 Å². The van der Waals surface area contributed by atoms with E-state index in [4.69, 9.17) is 14.6 Å². The molecule has 1 saturated heterocycles. The van der Waals surface area contributed by atoms with Gasteiger partial charge in [0.05, 0.1) is 30.9 Å². The maximum atomic E-state index is 13.2. The molecule has 1 aliphatic heterocycles. The molecule has 2 aromatic carbocycles. The summed E-state index contributed by atoms with van der Waals surface area (Å²) in [5, 5.41) is 20.6. The standard InChI is InChI=1S/C27H33NO6/c1-6-12-28-23(17-8-7-9-19(15-17)34-14-13-29)22(25(31)26(28)32)24(30)20-16-18(27(2,3)4)10-11-21(20)33-5/h7-11,15-16,23,29-30H,6,12-14H2,1-5H3/b24-22+. The number of hydrogen-bond donors (Lipinski definition) is 2. The largest absolute Gasteiger partial charge is 0.507 e. The van der Waals surface area contributed by atoms with E-state index in [1.807, 2.05) is 13.0 Å². The molecule has 7 heteroatoms. The number of rotatable bonds is 8. The number of methoxy groups -OCH3 is 1. The molecule has 7 nitrogen and oxygen atoms in total. The van der Waals surface area contributed by atoms with Crippen LogP contribution >= 0.6 is 0 Å². The van der Waals surface area contributed by atoms with Crippen molar-refractivity contribution >= 4 is 17.4 Å². The molecule has 0 aromatic heterocycles. The Bertz CT molecular complexity index is 1100. The molecule has 2 aromatic rings. The number of amides is 1. The minimum Gasteiger partial charge on any atom is -0.507 e. The second-order valence-corrected chi connectivity index (χ2v) is 9.30. The van der Waals surface area contributed by atoms with E-state index in [1.54, 1.807) is 36.4 Å². The molecular weight excluding hydrogens is 434 g/mol. The quantitative estimate of drug-likeness (QED) is 0.343. The summed E-state index contributed by atoms with van der Waals surface area (Å²) in [6.07, 6.45) is 0.646. The number of ketones is 1. The van der Waals surface area contributed by atoms with Crippen molar-refractivity contribution in [1.29, 1.82) is 0 Å². The number of ether oxygens (including phenoxy) is 2. The van der Waals surface area contributed by atoms with Crippen LogP contribution in [-0.2, 0) is 15.0 Å². The minimum absolute atomic E-state index is 0.0158. The molecule has 3 rings (SSSR count). The van der Waals surface area contributed by atoms with Crippen molar-refractivity contribution in [2.75, 3.05) is 26.9 Å². The Morgan fingerprint density at radius 1 is 1.12 bits per heavy atom. The van der Waals surface area contributed by atoms with Crippen LogP contribution in [0, 0.1) is 0 Å². The summed E-state index contributed by atoms with van der Waals surface area (Å²) in [6.45, 7) is 8.42. The molecule has 1 aliphatic rings. The topological polar surface area (TPSA) is 96.3 Å². The lowest BCUT2D eigenvalue weighted by molar-refractivity contribution is -0.139. The van der Waals surface area contributed by atoms with Crippen LogP contribution in [0.5, 0.6) is 11.5 Å². The highest BCUT2D eigenvalue weighted by Gasteiger charge is 2.46. The summed E-state index contributed by atoms with van der Waals surface area (Å²) in [5.74, 6) is -0.750. The van der Waals surface area contributed by atoms with Crippen LogP contribution in [0.15, 0.2) is 48.0 Å². The molecule has 1 heterocycles. The van der Waals surface area contributed by atoms with E-state index in [-0.39, 0.29) is 30.0 Å². The molecule has 0 spiro atoms. The average Bonchev–Trinajstić information content (AvgIpc) is 3.06. The highest BCUT2D eigenvalue weighted by molar-refractivity contribution is 6.46. The third-order valence-electron chi connectivity index (χ3n) is 5.86. The van der Waals surface area contributed by atoms with E-state index in [0.717, 1.165) is 5.56 Å². The molecule has 0 aliphatic carbocycles. The molecular formula is C27H33NO6. The smallest absolute Gasteiger partial charge is 0.295 e. The lowest BCUT2D eigenvalue weighted by Crippen LogP contribution is -2.30. The summed E-state index contributed by atoms with van der Waals surface area (Å²) in [4.78, 5) is 27.7. The zero-order valence-electron chi connectivity index (χ0n) is 20.4. The van der Waals surface area contributed by atoms with Crippen molar-refractivity contribution in [2.24, 2.45) is 0 Å². The SMILES string of the molecule is CCCN1C(=O)C(=O)/C(=C(/O)c2cc(C(C)(C)C)ccc2OC)C1c1cccc(OCCO)c1. The van der Waals surface area contributed by atoms with Gasteiger partial charge in [-0.05, 0) is 47.2 Å². The summed E-state index contributed by atoms with van der Waals surface area (Å²) in [7, 11) is 1.50. The second kappa shape index (κ2) is 10.3. The van der Waals surface area contributed by atoms with Gasteiger partial charge in [0.1, 0.15) is 23.9 Å². The summed E-state index contributed by atoms with van der Waals surface area (Å²) in [6, 6.07) is 11.7. The van der Waals surface area contributed by atoms with Crippen LogP contribution in [0.3, 0.4) is 0 Å². The van der Waals surface area contributed by atoms with Crippen LogP contribution in [0.1, 0.15) is 56.8 Å². The zero-order chi connectivity index (χ0) is 25.0. The normalized spacial score (nSPS) is 17.8. The Hall–Kier alpha value is -3.32. The van der Waals surface area contributed by atoms with Gasteiger partial charge in [-0.15, -0.1) is 0 Å². The lowest BCUT2D eigenvalue weighted by Gasteiger charge is -2.26. The van der Waals surface area contributed by atoms with Gasteiger partial charge in [0.2, 0.25) is 0 Å². The molecule has 1 atom stereocenters. The number of Topliss-reactive ketones (excluding diaryl/α,β-unsaturated/α-hetero) is 1. The molecule has 0 radical (unpaired) electrons. The molecule has 0 saturated carbocycles. The van der Waals surface area contributed by atoms with Gasteiger partial charge >= 0.3 is 0 Å². The van der Waals surface area contributed by atoms with E-state index in [2.05, 4.69) is 20.8 Å². The number of likely N-dealkylation sites (tertiary alicyclic amines) is 1. The molecule has 0 bridgehead atoms. The number of carbonyl (C=O) groups is 2. The predicted octanol–water partition coefficient (Wildman–Crippen LogP) is 4.20. The Labute approximate surface area is 200 Å². The molecule has 1 unspecified atom stereocenters. The van der Waals surface area contributed by atoms with Gasteiger partial charge in [-0.2, -0.15) is 0 Å². The number of nitrogens with zero attached hydrogens (tertiary/aromatic N) is 1. The number of aliphatic hydroxyl groups is 2. The Balaban J connectivity index is 2.23. The summed E-state index contributed by atoms with van der Waals surface area (Å²) in [5.41, 5.74) is 1.77. The number of hydrogen-bond acceptors (Lipinski definition) is 6. The van der Waals surface area contributed by atoms with Crippen molar-refractivity contribution in [2.45, 2.75) is 45.6 Å². The lowest BCUT2D eigenvalue weighted by atomic mass is 9.85. The first-order valence-electron chi connectivity index (χ1n) is 11.4. The maximum absolute atomic E-state index is 13.2. The fourth-order valence-electron chi connectivity index (χ4n) is 4.14. The minimum atomic E-state index is -0.777. The monoisotopic (exact) mass is 467 g/mol. The van der Waals surface area contributed by atoms with Gasteiger partial charge < -0.3 is 24.6 Å². The molecule has 34 heavy (non-hydrogen) atoms. The van der Waals surface area contributed by atoms with Crippen molar-refractivity contribution in [3.63, 3.8) is 0 Å². The summed E-state index contributed by atoms with van der Waals surface area (Å²) >= 11 is 0. The Kier molecular flexibility index (Phi) is 7.67. The average molecular weight is 468 g/mol. The number of carbonyl (C=O) groups excluding carboxylic acids is 2. The molecule has 1 fully saturated rings. The van der Waals surface area contributed by atoms with Gasteiger partial charge in [-0.25, -0.2) is 0 Å². The van der Waals surface area contributed by atoms with E-state index < -0.39 is 17.7 Å². The fraction of sp³-hybridized carbons (Fsp3) is 0.407. The third-order valence-corrected chi connectivity index (χ3v) is 5.86. The van der Waals surface area contributed by atoms with E-state index in [0.29, 0.717) is 35.6 Å². The first-order valence-corrected chi connectivity index (χ1v) is 11.4. The van der Waals surface area contributed by atoms with E-state index in [1.165, 1.54) is 12.0 Å².